The Labute approximate surface area is 136 Å². The molecular weight excluding hydrogens is 286 g/mol. The Hall–Kier alpha value is -2.36. The van der Waals surface area contributed by atoms with E-state index in [0.29, 0.717) is 13.2 Å². The predicted octanol–water partition coefficient (Wildman–Crippen LogP) is 3.50. The van der Waals surface area contributed by atoms with Crippen LogP contribution in [0.5, 0.6) is 5.75 Å². The van der Waals surface area contributed by atoms with Gasteiger partial charge in [-0.2, -0.15) is 0 Å². The molecule has 0 amide bonds. The van der Waals surface area contributed by atoms with Crippen molar-refractivity contribution in [3.05, 3.63) is 77.9 Å². The minimum atomic E-state index is 0.150. The molecule has 0 heterocycles. The summed E-state index contributed by atoms with van der Waals surface area (Å²) < 4.78 is 5.97. The van der Waals surface area contributed by atoms with Crippen molar-refractivity contribution in [1.82, 2.24) is 5.32 Å². The van der Waals surface area contributed by atoms with Crippen LogP contribution in [0.2, 0.25) is 0 Å². The fourth-order valence-electron chi connectivity index (χ4n) is 2.64. The van der Waals surface area contributed by atoms with Gasteiger partial charge in [0.2, 0.25) is 0 Å². The monoisotopic (exact) mass is 307 g/mol. The van der Waals surface area contributed by atoms with Crippen LogP contribution in [-0.4, -0.2) is 18.3 Å². The molecule has 0 aliphatic rings. The third-order valence-electron chi connectivity index (χ3n) is 3.79. The van der Waals surface area contributed by atoms with Gasteiger partial charge in [-0.3, -0.25) is 0 Å². The second kappa shape index (κ2) is 7.77. The lowest BCUT2D eigenvalue weighted by atomic mass is 10.1. The first-order valence-electron chi connectivity index (χ1n) is 7.87. The van der Waals surface area contributed by atoms with Gasteiger partial charge in [0, 0.05) is 13.1 Å². The third kappa shape index (κ3) is 4.09. The molecule has 3 aromatic rings. The normalized spacial score (nSPS) is 10.8. The summed E-state index contributed by atoms with van der Waals surface area (Å²) in [5.74, 6) is 0.862. The molecule has 118 valence electrons. The van der Waals surface area contributed by atoms with Gasteiger partial charge < -0.3 is 15.2 Å². The van der Waals surface area contributed by atoms with Crippen molar-refractivity contribution in [3.63, 3.8) is 0 Å². The number of fused-ring (bicyclic) bond motifs is 1. The number of nitrogens with one attached hydrogen (secondary N) is 1. The number of ether oxygens (including phenoxy) is 1. The van der Waals surface area contributed by atoms with Gasteiger partial charge in [0.15, 0.2) is 0 Å². The fourth-order valence-corrected chi connectivity index (χ4v) is 2.64. The van der Waals surface area contributed by atoms with Crippen LogP contribution in [0.3, 0.4) is 0 Å². The highest BCUT2D eigenvalue weighted by Gasteiger charge is 2.02. The lowest BCUT2D eigenvalue weighted by Crippen LogP contribution is -2.17. The minimum absolute atomic E-state index is 0.150. The largest absolute Gasteiger partial charge is 0.489 e. The molecule has 3 nitrogen and oxygen atoms in total. The molecule has 3 aromatic carbocycles. The van der Waals surface area contributed by atoms with Crippen molar-refractivity contribution in [2.24, 2.45) is 0 Å². The van der Waals surface area contributed by atoms with Gasteiger partial charge in [0.25, 0.3) is 0 Å². The molecule has 3 heteroatoms. The number of rotatable bonds is 7. The van der Waals surface area contributed by atoms with E-state index in [2.05, 4.69) is 53.8 Å². The summed E-state index contributed by atoms with van der Waals surface area (Å²) in [5, 5.41) is 14.4. The fraction of sp³-hybridized carbons (Fsp3) is 0.200. The first-order valence-corrected chi connectivity index (χ1v) is 7.87. The molecule has 3 rings (SSSR count). The number of benzene rings is 3. The summed E-state index contributed by atoms with van der Waals surface area (Å²) in [6.45, 7) is 2.03. The van der Waals surface area contributed by atoms with Gasteiger partial charge in [-0.25, -0.2) is 0 Å². The second-order valence-corrected chi connectivity index (χ2v) is 5.47. The van der Waals surface area contributed by atoms with E-state index in [4.69, 9.17) is 9.84 Å². The predicted molar refractivity (Wildman–Crippen MR) is 93.5 cm³/mol. The molecule has 0 unspecified atom stereocenters. The van der Waals surface area contributed by atoms with Gasteiger partial charge in [0.05, 0.1) is 6.61 Å². The van der Waals surface area contributed by atoms with Crippen LogP contribution >= 0.6 is 0 Å². The first kappa shape index (κ1) is 15.5. The van der Waals surface area contributed by atoms with Crippen molar-refractivity contribution < 1.29 is 9.84 Å². The average molecular weight is 307 g/mol. The van der Waals surface area contributed by atoms with Crippen LogP contribution in [-0.2, 0) is 13.2 Å². The molecule has 0 radical (unpaired) electrons. The lowest BCUT2D eigenvalue weighted by Gasteiger charge is -2.10. The van der Waals surface area contributed by atoms with Crippen LogP contribution in [0.25, 0.3) is 10.8 Å². The second-order valence-electron chi connectivity index (χ2n) is 5.47. The summed E-state index contributed by atoms with van der Waals surface area (Å²) in [7, 11) is 0. The van der Waals surface area contributed by atoms with Crippen molar-refractivity contribution in [1.29, 1.82) is 0 Å². The Morgan fingerprint density at radius 3 is 2.65 bits per heavy atom. The zero-order valence-corrected chi connectivity index (χ0v) is 13.0. The van der Waals surface area contributed by atoms with Crippen LogP contribution < -0.4 is 10.1 Å². The Bertz CT molecular complexity index is 765. The molecule has 2 N–H and O–H groups in total. The average Bonchev–Trinajstić information content (AvgIpc) is 2.60. The van der Waals surface area contributed by atoms with E-state index in [9.17, 15) is 0 Å². The zero-order chi connectivity index (χ0) is 15.9. The smallest absolute Gasteiger partial charge is 0.120 e. The Morgan fingerprint density at radius 1 is 0.913 bits per heavy atom. The van der Waals surface area contributed by atoms with Crippen molar-refractivity contribution >= 4 is 10.8 Å². The Morgan fingerprint density at radius 2 is 1.74 bits per heavy atom. The maximum absolute atomic E-state index is 8.81. The van der Waals surface area contributed by atoms with Crippen molar-refractivity contribution in [2.45, 2.75) is 13.2 Å². The zero-order valence-electron chi connectivity index (χ0n) is 13.0. The molecule has 0 fully saturated rings. The molecular formula is C20H21NO2. The maximum Gasteiger partial charge on any atom is 0.120 e. The molecule has 0 aliphatic carbocycles. The molecule has 0 saturated heterocycles. The van der Waals surface area contributed by atoms with E-state index >= 15 is 0 Å². The molecule has 23 heavy (non-hydrogen) atoms. The molecule has 0 atom stereocenters. The first-order chi connectivity index (χ1) is 11.4. The topological polar surface area (TPSA) is 41.5 Å². The molecule has 0 saturated carbocycles. The number of hydrogen-bond donors (Lipinski definition) is 2. The summed E-state index contributed by atoms with van der Waals surface area (Å²) in [5.41, 5.74) is 2.33. The van der Waals surface area contributed by atoms with Crippen LogP contribution in [0.1, 0.15) is 11.1 Å². The Balaban J connectivity index is 1.69. The minimum Gasteiger partial charge on any atom is -0.489 e. The van der Waals surface area contributed by atoms with E-state index < -0.39 is 0 Å². The van der Waals surface area contributed by atoms with Gasteiger partial charge in [-0.15, -0.1) is 0 Å². The van der Waals surface area contributed by atoms with E-state index in [0.717, 1.165) is 17.9 Å². The van der Waals surface area contributed by atoms with E-state index in [1.165, 1.54) is 16.3 Å². The Kier molecular flexibility index (Phi) is 5.25. The van der Waals surface area contributed by atoms with E-state index in [1.54, 1.807) is 0 Å². The SMILES string of the molecule is OCCNCc1cccc(OCc2cccc3ccccc23)c1. The third-order valence-corrected chi connectivity index (χ3v) is 3.79. The summed E-state index contributed by atoms with van der Waals surface area (Å²) in [6, 6.07) is 22.7. The standard InChI is InChI=1S/C20H21NO2/c22-12-11-21-14-16-5-3-9-19(13-16)23-15-18-8-4-7-17-6-1-2-10-20(17)18/h1-10,13,21-22H,11-12,14-15H2. The van der Waals surface area contributed by atoms with Gasteiger partial charge in [-0.1, -0.05) is 54.6 Å². The molecule has 0 spiro atoms. The highest BCUT2D eigenvalue weighted by molar-refractivity contribution is 5.85. The van der Waals surface area contributed by atoms with Gasteiger partial charge in [0.1, 0.15) is 12.4 Å². The quantitative estimate of drug-likeness (QED) is 0.656. The van der Waals surface area contributed by atoms with Crippen molar-refractivity contribution in [3.8, 4) is 5.75 Å². The van der Waals surface area contributed by atoms with Gasteiger partial charge >= 0.3 is 0 Å². The van der Waals surface area contributed by atoms with E-state index in [-0.39, 0.29) is 6.61 Å². The maximum atomic E-state index is 8.81. The van der Waals surface area contributed by atoms with Crippen molar-refractivity contribution in [2.75, 3.05) is 13.2 Å². The van der Waals surface area contributed by atoms with Crippen LogP contribution in [0.4, 0.5) is 0 Å². The lowest BCUT2D eigenvalue weighted by molar-refractivity contribution is 0.291. The number of aliphatic hydroxyl groups is 1. The summed E-state index contributed by atoms with van der Waals surface area (Å²) in [6.07, 6.45) is 0. The number of hydrogen-bond acceptors (Lipinski definition) is 3. The van der Waals surface area contributed by atoms with Crippen LogP contribution in [0, 0.1) is 0 Å². The van der Waals surface area contributed by atoms with E-state index in [1.807, 2.05) is 18.2 Å². The summed E-state index contributed by atoms with van der Waals surface area (Å²) >= 11 is 0. The van der Waals surface area contributed by atoms with Crippen LogP contribution in [0.15, 0.2) is 66.7 Å². The summed E-state index contributed by atoms with van der Waals surface area (Å²) in [4.78, 5) is 0. The highest BCUT2D eigenvalue weighted by atomic mass is 16.5. The number of aliphatic hydroxyl groups excluding tert-OH is 1. The molecule has 0 aliphatic heterocycles. The van der Waals surface area contributed by atoms with Gasteiger partial charge in [-0.05, 0) is 34.0 Å². The molecule has 0 bridgehead atoms. The molecule has 0 aromatic heterocycles. The highest BCUT2D eigenvalue weighted by Crippen LogP contribution is 2.21.